The SMILES string of the molecule is CC1=C[C@]2(C)CNC[C@@](C)(C2)C1=O. The van der Waals surface area contributed by atoms with Gasteiger partial charge in [0.2, 0.25) is 0 Å². The Kier molecular flexibility index (Phi) is 1.68. The van der Waals surface area contributed by atoms with Crippen molar-refractivity contribution < 1.29 is 4.79 Å². The molecule has 1 fully saturated rings. The standard InChI is InChI=1S/C11H17NO/c1-8-4-10(2)5-11(3,9(8)13)7-12-6-10/h4,12H,5-7H2,1-3H3/t10-,11+/m0/s1. The first-order valence-corrected chi connectivity index (χ1v) is 4.90. The predicted octanol–water partition coefficient (Wildman–Crippen LogP) is 1.52. The Morgan fingerprint density at radius 1 is 1.38 bits per heavy atom. The molecule has 0 amide bonds. The van der Waals surface area contributed by atoms with Gasteiger partial charge >= 0.3 is 0 Å². The van der Waals surface area contributed by atoms with Crippen molar-refractivity contribution in [3.05, 3.63) is 11.6 Å². The summed E-state index contributed by atoms with van der Waals surface area (Å²) >= 11 is 0. The van der Waals surface area contributed by atoms with Crippen LogP contribution in [0.5, 0.6) is 0 Å². The van der Waals surface area contributed by atoms with Gasteiger partial charge in [0.15, 0.2) is 5.78 Å². The third-order valence-corrected chi connectivity index (χ3v) is 3.31. The highest BCUT2D eigenvalue weighted by Crippen LogP contribution is 2.44. The minimum Gasteiger partial charge on any atom is -0.315 e. The van der Waals surface area contributed by atoms with Crippen LogP contribution in [-0.4, -0.2) is 18.9 Å². The normalized spacial score (nSPS) is 44.5. The van der Waals surface area contributed by atoms with Gasteiger partial charge in [0, 0.05) is 18.5 Å². The molecule has 0 spiro atoms. The number of piperidine rings is 1. The minimum atomic E-state index is -0.147. The molecule has 1 N–H and O–H groups in total. The number of Topliss-reactive ketones (excluding diaryl/α,β-unsaturated/α-hetero) is 1. The number of hydrogen-bond acceptors (Lipinski definition) is 2. The van der Waals surface area contributed by atoms with E-state index in [2.05, 4.69) is 25.2 Å². The number of rotatable bonds is 0. The lowest BCUT2D eigenvalue weighted by Crippen LogP contribution is -2.54. The summed E-state index contributed by atoms with van der Waals surface area (Å²) < 4.78 is 0. The van der Waals surface area contributed by atoms with Gasteiger partial charge in [-0.05, 0) is 24.3 Å². The van der Waals surface area contributed by atoms with Gasteiger partial charge in [-0.15, -0.1) is 0 Å². The van der Waals surface area contributed by atoms with Gasteiger partial charge in [-0.3, -0.25) is 4.79 Å². The molecule has 1 heterocycles. The molecule has 0 aromatic heterocycles. The van der Waals surface area contributed by atoms with Gasteiger partial charge in [-0.25, -0.2) is 0 Å². The number of hydrogen-bond donors (Lipinski definition) is 1. The fourth-order valence-corrected chi connectivity index (χ4v) is 2.97. The van der Waals surface area contributed by atoms with Crippen LogP contribution in [0.3, 0.4) is 0 Å². The number of ketones is 1. The highest BCUT2D eigenvalue weighted by atomic mass is 16.1. The second kappa shape index (κ2) is 2.44. The topological polar surface area (TPSA) is 29.1 Å². The number of fused-ring (bicyclic) bond motifs is 2. The molecule has 2 nitrogen and oxygen atoms in total. The maximum absolute atomic E-state index is 11.9. The number of carbonyl (C=O) groups is 1. The first-order valence-electron chi connectivity index (χ1n) is 4.90. The molecule has 2 heteroatoms. The average molecular weight is 179 g/mol. The van der Waals surface area contributed by atoms with Crippen LogP contribution in [0.2, 0.25) is 0 Å². The van der Waals surface area contributed by atoms with Crippen molar-refractivity contribution in [3.63, 3.8) is 0 Å². The van der Waals surface area contributed by atoms with Crippen molar-refractivity contribution in [2.45, 2.75) is 27.2 Å². The van der Waals surface area contributed by atoms with Crippen LogP contribution in [0, 0.1) is 10.8 Å². The molecule has 72 valence electrons. The summed E-state index contributed by atoms with van der Waals surface area (Å²) in [4.78, 5) is 11.9. The van der Waals surface area contributed by atoms with Crippen LogP contribution in [0.1, 0.15) is 27.2 Å². The van der Waals surface area contributed by atoms with Crippen molar-refractivity contribution in [3.8, 4) is 0 Å². The highest BCUT2D eigenvalue weighted by molar-refractivity contribution is 6.00. The lowest BCUT2D eigenvalue weighted by molar-refractivity contribution is -0.127. The van der Waals surface area contributed by atoms with Gasteiger partial charge in [0.25, 0.3) is 0 Å². The zero-order valence-corrected chi connectivity index (χ0v) is 8.61. The summed E-state index contributed by atoms with van der Waals surface area (Å²) in [5.74, 6) is 0.331. The third-order valence-electron chi connectivity index (χ3n) is 3.31. The molecule has 1 aliphatic carbocycles. The Bertz CT molecular complexity index is 294. The van der Waals surface area contributed by atoms with Crippen molar-refractivity contribution in [1.29, 1.82) is 0 Å². The highest BCUT2D eigenvalue weighted by Gasteiger charge is 2.46. The van der Waals surface area contributed by atoms with E-state index in [0.29, 0.717) is 5.78 Å². The van der Waals surface area contributed by atoms with Crippen molar-refractivity contribution in [1.82, 2.24) is 5.32 Å². The molecule has 2 rings (SSSR count). The predicted molar refractivity (Wildman–Crippen MR) is 52.5 cm³/mol. The van der Waals surface area contributed by atoms with Crippen LogP contribution in [0.15, 0.2) is 11.6 Å². The Labute approximate surface area is 79.4 Å². The molecule has 1 saturated heterocycles. The average Bonchev–Trinajstić information content (AvgIpc) is 1.99. The Hall–Kier alpha value is -0.630. The third kappa shape index (κ3) is 1.24. The van der Waals surface area contributed by atoms with Crippen molar-refractivity contribution in [2.24, 2.45) is 10.8 Å². The monoisotopic (exact) mass is 179 g/mol. The molecule has 0 radical (unpaired) electrons. The van der Waals surface area contributed by atoms with Crippen LogP contribution in [0.4, 0.5) is 0 Å². The number of allylic oxidation sites excluding steroid dienone is 1. The fraction of sp³-hybridized carbons (Fsp3) is 0.727. The van der Waals surface area contributed by atoms with Crippen LogP contribution < -0.4 is 5.32 Å². The maximum atomic E-state index is 11.9. The second-order valence-electron chi connectivity index (χ2n) is 5.15. The molecule has 2 aliphatic rings. The van der Waals surface area contributed by atoms with E-state index in [9.17, 15) is 4.79 Å². The van der Waals surface area contributed by atoms with E-state index in [1.807, 2.05) is 6.92 Å². The summed E-state index contributed by atoms with van der Waals surface area (Å²) in [5.41, 5.74) is 1.01. The molecule has 0 unspecified atom stereocenters. The molecular weight excluding hydrogens is 162 g/mol. The molecule has 1 aliphatic heterocycles. The fourth-order valence-electron chi connectivity index (χ4n) is 2.97. The van der Waals surface area contributed by atoms with Crippen molar-refractivity contribution in [2.75, 3.05) is 13.1 Å². The summed E-state index contributed by atoms with van der Waals surface area (Å²) in [7, 11) is 0. The summed E-state index contributed by atoms with van der Waals surface area (Å²) in [6, 6.07) is 0. The van der Waals surface area contributed by atoms with Crippen molar-refractivity contribution >= 4 is 5.78 Å². The first kappa shape index (κ1) is 8.95. The molecule has 2 bridgehead atoms. The van der Waals surface area contributed by atoms with Gasteiger partial charge in [0.05, 0.1) is 0 Å². The summed E-state index contributed by atoms with van der Waals surface area (Å²) in [6.45, 7) is 8.10. The smallest absolute Gasteiger partial charge is 0.165 e. The van der Waals surface area contributed by atoms with Gasteiger partial charge in [-0.1, -0.05) is 19.9 Å². The number of carbonyl (C=O) groups excluding carboxylic acids is 1. The number of nitrogens with one attached hydrogen (secondary N) is 1. The lowest BCUT2D eigenvalue weighted by atomic mass is 9.62. The largest absolute Gasteiger partial charge is 0.315 e. The summed E-state index contributed by atoms with van der Waals surface area (Å²) in [5, 5.41) is 3.35. The second-order valence-corrected chi connectivity index (χ2v) is 5.15. The maximum Gasteiger partial charge on any atom is 0.165 e. The van der Waals surface area contributed by atoms with Gasteiger partial charge in [-0.2, -0.15) is 0 Å². The zero-order chi connectivity index (χ0) is 9.69. The quantitative estimate of drug-likeness (QED) is 0.611. The van der Waals surface area contributed by atoms with E-state index in [4.69, 9.17) is 0 Å². The minimum absolute atomic E-state index is 0.147. The zero-order valence-electron chi connectivity index (χ0n) is 8.61. The Morgan fingerprint density at radius 2 is 2.08 bits per heavy atom. The molecule has 13 heavy (non-hydrogen) atoms. The van der Waals surface area contributed by atoms with Gasteiger partial charge < -0.3 is 5.32 Å². The van der Waals surface area contributed by atoms with E-state index in [1.54, 1.807) is 0 Å². The van der Waals surface area contributed by atoms with E-state index < -0.39 is 0 Å². The van der Waals surface area contributed by atoms with Gasteiger partial charge in [0.1, 0.15) is 0 Å². The van der Waals surface area contributed by atoms with Crippen LogP contribution >= 0.6 is 0 Å². The molecule has 0 aromatic rings. The Morgan fingerprint density at radius 3 is 2.77 bits per heavy atom. The van der Waals surface area contributed by atoms with Crippen LogP contribution in [-0.2, 0) is 4.79 Å². The molecule has 0 saturated carbocycles. The molecular formula is C11H17NO. The molecule has 0 aromatic carbocycles. The van der Waals surface area contributed by atoms with E-state index >= 15 is 0 Å². The first-order chi connectivity index (χ1) is 5.95. The molecule has 2 atom stereocenters. The Balaban J connectivity index is 2.46. The van der Waals surface area contributed by atoms with Crippen LogP contribution in [0.25, 0.3) is 0 Å². The lowest BCUT2D eigenvalue weighted by Gasteiger charge is -2.46. The van der Waals surface area contributed by atoms with E-state index in [-0.39, 0.29) is 10.8 Å². The van der Waals surface area contributed by atoms with E-state index in [0.717, 1.165) is 25.1 Å². The van der Waals surface area contributed by atoms with E-state index in [1.165, 1.54) is 0 Å². The summed E-state index contributed by atoms with van der Waals surface area (Å²) in [6.07, 6.45) is 3.15.